The average Bonchev–Trinajstić information content (AvgIpc) is 3.47. The van der Waals surface area contributed by atoms with E-state index < -0.39 is 0 Å². The third-order valence-electron chi connectivity index (χ3n) is 6.35. The van der Waals surface area contributed by atoms with Gasteiger partial charge in [-0.1, -0.05) is 24.3 Å². The largest absolute Gasteiger partial charge is 0.491 e. The number of methoxy groups -OCH3 is 1. The number of imide groups is 1. The standard InChI is InChI=1S/C23H30N4O4.HI/c1-24-23(26-14-15-3-7-18(8-4-15)31-12-11-30-2)25-9-10-27-21(28)19-16-5-6-17(13-16)20(19)22(27)29;/h3-8,16-17,19-20H,9-14H2,1-2H3,(H2,24,25,26);1H. The number of carbonyl (C=O) groups is 2. The van der Waals surface area contributed by atoms with Crippen molar-refractivity contribution in [2.45, 2.75) is 13.0 Å². The van der Waals surface area contributed by atoms with Gasteiger partial charge in [0.15, 0.2) is 5.96 Å². The molecular formula is C23H31IN4O4. The first-order valence-electron chi connectivity index (χ1n) is 10.8. The summed E-state index contributed by atoms with van der Waals surface area (Å²) in [6, 6.07) is 7.83. The van der Waals surface area contributed by atoms with E-state index in [1.165, 1.54) is 4.90 Å². The second-order valence-corrected chi connectivity index (χ2v) is 8.17. The minimum atomic E-state index is -0.138. The van der Waals surface area contributed by atoms with Gasteiger partial charge in [-0.3, -0.25) is 19.5 Å². The van der Waals surface area contributed by atoms with E-state index in [9.17, 15) is 9.59 Å². The number of hydrogen-bond acceptors (Lipinski definition) is 5. The van der Waals surface area contributed by atoms with Crippen molar-refractivity contribution in [3.63, 3.8) is 0 Å². The Hall–Kier alpha value is -2.14. The first-order valence-corrected chi connectivity index (χ1v) is 10.8. The van der Waals surface area contributed by atoms with Crippen molar-refractivity contribution in [2.24, 2.45) is 28.7 Å². The minimum absolute atomic E-state index is 0. The molecule has 2 N–H and O–H groups in total. The molecule has 0 aromatic heterocycles. The molecule has 1 aromatic rings. The van der Waals surface area contributed by atoms with Gasteiger partial charge in [-0.25, -0.2) is 0 Å². The quantitative estimate of drug-likeness (QED) is 0.121. The van der Waals surface area contributed by atoms with Crippen molar-refractivity contribution < 1.29 is 19.1 Å². The topological polar surface area (TPSA) is 92.3 Å². The zero-order valence-electron chi connectivity index (χ0n) is 18.5. The number of halogens is 1. The highest BCUT2D eigenvalue weighted by atomic mass is 127. The zero-order chi connectivity index (χ0) is 21.8. The van der Waals surface area contributed by atoms with Gasteiger partial charge < -0.3 is 20.1 Å². The van der Waals surface area contributed by atoms with Gasteiger partial charge in [-0.15, -0.1) is 24.0 Å². The van der Waals surface area contributed by atoms with E-state index in [0.29, 0.717) is 38.8 Å². The number of ether oxygens (including phenoxy) is 2. The van der Waals surface area contributed by atoms with Crippen LogP contribution in [0.1, 0.15) is 12.0 Å². The number of hydrogen-bond donors (Lipinski definition) is 2. The fraction of sp³-hybridized carbons (Fsp3) is 0.522. The number of amides is 2. The lowest BCUT2D eigenvalue weighted by molar-refractivity contribution is -0.140. The number of aliphatic imine (C=N–C) groups is 1. The lowest BCUT2D eigenvalue weighted by Gasteiger charge is -2.18. The summed E-state index contributed by atoms with van der Waals surface area (Å²) >= 11 is 0. The van der Waals surface area contributed by atoms with Crippen LogP contribution >= 0.6 is 24.0 Å². The predicted octanol–water partition coefficient (Wildman–Crippen LogP) is 1.80. The molecule has 4 unspecified atom stereocenters. The van der Waals surface area contributed by atoms with E-state index in [2.05, 4.69) is 27.8 Å². The maximum Gasteiger partial charge on any atom is 0.233 e. The van der Waals surface area contributed by atoms with E-state index in [0.717, 1.165) is 17.7 Å². The van der Waals surface area contributed by atoms with Crippen molar-refractivity contribution in [3.8, 4) is 5.75 Å². The van der Waals surface area contributed by atoms with Gasteiger partial charge in [0.25, 0.3) is 0 Å². The maximum atomic E-state index is 12.7. The molecular weight excluding hydrogens is 523 g/mol. The molecule has 2 bridgehead atoms. The molecule has 4 rings (SSSR count). The van der Waals surface area contributed by atoms with Crippen LogP contribution in [-0.4, -0.2) is 63.1 Å². The second-order valence-electron chi connectivity index (χ2n) is 8.17. The van der Waals surface area contributed by atoms with Crippen molar-refractivity contribution in [1.29, 1.82) is 0 Å². The van der Waals surface area contributed by atoms with Crippen LogP contribution in [0.2, 0.25) is 0 Å². The molecule has 9 heteroatoms. The van der Waals surface area contributed by atoms with Crippen LogP contribution in [0.25, 0.3) is 0 Å². The fourth-order valence-corrected chi connectivity index (χ4v) is 4.82. The Bertz CT molecular complexity index is 843. The smallest absolute Gasteiger partial charge is 0.233 e. The summed E-state index contributed by atoms with van der Waals surface area (Å²) in [5, 5.41) is 6.44. The Labute approximate surface area is 205 Å². The summed E-state index contributed by atoms with van der Waals surface area (Å²) in [7, 11) is 3.34. The summed E-state index contributed by atoms with van der Waals surface area (Å²) < 4.78 is 10.5. The van der Waals surface area contributed by atoms with Gasteiger partial charge in [-0.05, 0) is 36.0 Å². The summed E-state index contributed by atoms with van der Waals surface area (Å²) in [4.78, 5) is 31.1. The molecule has 4 atom stereocenters. The van der Waals surface area contributed by atoms with Crippen LogP contribution in [-0.2, 0) is 20.9 Å². The van der Waals surface area contributed by atoms with E-state index >= 15 is 0 Å². The van der Waals surface area contributed by atoms with Crippen molar-refractivity contribution in [1.82, 2.24) is 15.5 Å². The number of guanidine groups is 1. The molecule has 2 aliphatic carbocycles. The summed E-state index contributed by atoms with van der Waals surface area (Å²) in [6.45, 7) is 2.49. The van der Waals surface area contributed by atoms with E-state index in [1.807, 2.05) is 24.3 Å². The van der Waals surface area contributed by atoms with Crippen LogP contribution in [0.5, 0.6) is 5.75 Å². The summed E-state index contributed by atoms with van der Waals surface area (Å²) in [5.41, 5.74) is 1.09. The van der Waals surface area contributed by atoms with Gasteiger partial charge in [0, 0.05) is 33.8 Å². The average molecular weight is 554 g/mol. The number of carbonyl (C=O) groups excluding carboxylic acids is 2. The van der Waals surface area contributed by atoms with Gasteiger partial charge >= 0.3 is 0 Å². The number of nitrogens with zero attached hydrogens (tertiary/aromatic N) is 2. The molecule has 1 saturated carbocycles. The van der Waals surface area contributed by atoms with Crippen molar-refractivity contribution in [3.05, 3.63) is 42.0 Å². The Balaban J connectivity index is 0.00000289. The van der Waals surface area contributed by atoms with Crippen molar-refractivity contribution >= 4 is 41.8 Å². The zero-order valence-corrected chi connectivity index (χ0v) is 20.8. The molecule has 0 spiro atoms. The number of benzene rings is 1. The molecule has 2 amide bonds. The van der Waals surface area contributed by atoms with Crippen LogP contribution in [0, 0.1) is 23.7 Å². The third-order valence-corrected chi connectivity index (χ3v) is 6.35. The first-order chi connectivity index (χ1) is 15.1. The highest BCUT2D eigenvalue weighted by Crippen LogP contribution is 2.52. The van der Waals surface area contributed by atoms with E-state index in [1.54, 1.807) is 14.2 Å². The molecule has 1 aliphatic heterocycles. The molecule has 2 fully saturated rings. The van der Waals surface area contributed by atoms with E-state index in [4.69, 9.17) is 9.47 Å². The first kappa shape index (κ1) is 24.5. The van der Waals surface area contributed by atoms with Crippen LogP contribution in [0.3, 0.4) is 0 Å². The van der Waals surface area contributed by atoms with Crippen molar-refractivity contribution in [2.75, 3.05) is 40.5 Å². The normalized spacial score (nSPS) is 25.7. The molecule has 0 radical (unpaired) electrons. The maximum absolute atomic E-state index is 12.7. The Morgan fingerprint density at radius 2 is 1.72 bits per heavy atom. The number of nitrogens with one attached hydrogen (secondary N) is 2. The monoisotopic (exact) mass is 554 g/mol. The van der Waals surface area contributed by atoms with Gasteiger partial charge in [-0.2, -0.15) is 0 Å². The summed E-state index contributed by atoms with van der Waals surface area (Å²) in [6.07, 6.45) is 5.18. The molecule has 32 heavy (non-hydrogen) atoms. The van der Waals surface area contributed by atoms with Gasteiger partial charge in [0.2, 0.25) is 11.8 Å². The molecule has 8 nitrogen and oxygen atoms in total. The Kier molecular flexibility index (Phi) is 8.52. The molecule has 1 aromatic carbocycles. The number of allylic oxidation sites excluding steroid dienone is 2. The SMILES string of the molecule is CN=C(NCCN1C(=O)C2C3C=CC(C3)C2C1=O)NCc1ccc(OCCOC)cc1.I. The number of rotatable bonds is 9. The van der Waals surface area contributed by atoms with E-state index in [-0.39, 0.29) is 59.5 Å². The fourth-order valence-electron chi connectivity index (χ4n) is 4.82. The van der Waals surface area contributed by atoms with Gasteiger partial charge in [0.1, 0.15) is 12.4 Å². The Morgan fingerprint density at radius 1 is 1.06 bits per heavy atom. The van der Waals surface area contributed by atoms with Crippen LogP contribution in [0.15, 0.2) is 41.4 Å². The number of fused-ring (bicyclic) bond motifs is 5. The minimum Gasteiger partial charge on any atom is -0.491 e. The molecule has 174 valence electrons. The third kappa shape index (κ3) is 5.09. The molecule has 1 saturated heterocycles. The van der Waals surface area contributed by atoms with Gasteiger partial charge in [0.05, 0.1) is 18.4 Å². The lowest BCUT2D eigenvalue weighted by Crippen LogP contribution is -2.43. The second kappa shape index (κ2) is 11.1. The van der Waals surface area contributed by atoms with Crippen LogP contribution in [0.4, 0.5) is 0 Å². The molecule has 1 heterocycles. The number of likely N-dealkylation sites (tertiary alicyclic amines) is 1. The molecule has 3 aliphatic rings. The predicted molar refractivity (Wildman–Crippen MR) is 132 cm³/mol. The Morgan fingerprint density at radius 3 is 2.31 bits per heavy atom. The van der Waals surface area contributed by atoms with Crippen LogP contribution < -0.4 is 15.4 Å². The highest BCUT2D eigenvalue weighted by Gasteiger charge is 2.58. The lowest BCUT2D eigenvalue weighted by atomic mass is 9.85. The summed E-state index contributed by atoms with van der Waals surface area (Å²) in [5.74, 6) is 1.63. The highest BCUT2D eigenvalue weighted by molar-refractivity contribution is 14.0.